The van der Waals surface area contributed by atoms with E-state index in [0.717, 1.165) is 0 Å². The number of nitrogens with zero attached hydrogens (tertiary/aromatic N) is 5. The molecule has 0 radical (unpaired) electrons. The Kier molecular flexibility index (Phi) is 1.71. The molecule has 2 heterocycles. The number of nitrogens with one attached hydrogen (secondary N) is 1. The van der Waals surface area contributed by atoms with Gasteiger partial charge in [0.1, 0.15) is 0 Å². The van der Waals surface area contributed by atoms with Crippen molar-refractivity contribution in [2.45, 2.75) is 0 Å². The minimum Gasteiger partial charge on any atom is -0.389 e. The third kappa shape index (κ3) is 1.67. The number of nitrogen functional groups attached to an aromatic ring is 1. The summed E-state index contributed by atoms with van der Waals surface area (Å²) in [7, 11) is 0. The Morgan fingerprint density at radius 2 is 2.15 bits per heavy atom. The molecular formula is C5H5N7O. The minimum atomic E-state index is -0.0219. The van der Waals surface area contributed by atoms with Gasteiger partial charge in [0.25, 0.3) is 5.95 Å². The van der Waals surface area contributed by atoms with E-state index in [0.29, 0.717) is 0 Å². The molecule has 0 aromatic carbocycles. The quantitative estimate of drug-likeness (QED) is 0.638. The summed E-state index contributed by atoms with van der Waals surface area (Å²) in [6.07, 6.45) is 2.93. The first-order valence-electron chi connectivity index (χ1n) is 3.34. The van der Waals surface area contributed by atoms with Crippen molar-refractivity contribution in [2.75, 3.05) is 11.1 Å². The summed E-state index contributed by atoms with van der Waals surface area (Å²) < 4.78 is 4.82. The largest absolute Gasteiger partial charge is 0.389 e. The van der Waals surface area contributed by atoms with Gasteiger partial charge in [-0.2, -0.15) is 5.10 Å². The Hall–Kier alpha value is -2.25. The molecule has 0 aliphatic carbocycles. The molecule has 8 nitrogen and oxygen atoms in total. The van der Waals surface area contributed by atoms with Crippen LogP contribution in [0.15, 0.2) is 16.8 Å². The minimum absolute atomic E-state index is 0.0219. The summed E-state index contributed by atoms with van der Waals surface area (Å²) in [5.41, 5.74) is 5.20. The molecular weight excluding hydrogens is 174 g/mol. The number of nitrogens with two attached hydrogens (primary N) is 1. The fourth-order valence-electron chi connectivity index (χ4n) is 0.686. The predicted molar refractivity (Wildman–Crippen MR) is 41.8 cm³/mol. The topological polar surface area (TPSA) is 116 Å². The fourth-order valence-corrected chi connectivity index (χ4v) is 0.686. The van der Waals surface area contributed by atoms with Crippen LogP contribution in [0, 0.1) is 0 Å². The third-order valence-corrected chi connectivity index (χ3v) is 1.14. The first kappa shape index (κ1) is 7.40. The van der Waals surface area contributed by atoms with E-state index in [1.165, 1.54) is 12.4 Å². The second-order valence-electron chi connectivity index (χ2n) is 2.04. The first-order chi connectivity index (χ1) is 6.34. The van der Waals surface area contributed by atoms with E-state index >= 15 is 0 Å². The molecule has 13 heavy (non-hydrogen) atoms. The molecule has 3 N–H and O–H groups in total. The Morgan fingerprint density at radius 1 is 1.23 bits per heavy atom. The maximum absolute atomic E-state index is 5.20. The highest BCUT2D eigenvalue weighted by Gasteiger charge is 2.03. The van der Waals surface area contributed by atoms with E-state index in [-0.39, 0.29) is 18.0 Å². The number of anilines is 3. The Labute approximate surface area is 72.2 Å². The van der Waals surface area contributed by atoms with Crippen LogP contribution in [0.2, 0.25) is 0 Å². The van der Waals surface area contributed by atoms with Gasteiger partial charge in [-0.05, 0) is 0 Å². The average Bonchev–Trinajstić information content (AvgIpc) is 2.53. The van der Waals surface area contributed by atoms with E-state index in [1.807, 2.05) is 0 Å². The maximum atomic E-state index is 5.20. The van der Waals surface area contributed by atoms with Crippen molar-refractivity contribution in [3.05, 3.63) is 12.4 Å². The second kappa shape index (κ2) is 3.01. The van der Waals surface area contributed by atoms with Crippen LogP contribution in [0.25, 0.3) is 0 Å². The van der Waals surface area contributed by atoms with Gasteiger partial charge in [0.15, 0.2) is 0 Å². The van der Waals surface area contributed by atoms with Crippen molar-refractivity contribution >= 4 is 18.0 Å². The van der Waals surface area contributed by atoms with Gasteiger partial charge < -0.3 is 10.2 Å². The molecule has 0 atom stereocenters. The molecule has 0 saturated heterocycles. The third-order valence-electron chi connectivity index (χ3n) is 1.14. The lowest BCUT2D eigenvalue weighted by molar-refractivity contribution is 0.592. The molecule has 8 heteroatoms. The van der Waals surface area contributed by atoms with Crippen LogP contribution < -0.4 is 11.1 Å². The molecule has 2 aromatic heterocycles. The monoisotopic (exact) mass is 179 g/mol. The second-order valence-corrected chi connectivity index (χ2v) is 2.04. The van der Waals surface area contributed by atoms with Gasteiger partial charge in [-0.25, -0.2) is 4.98 Å². The van der Waals surface area contributed by atoms with Gasteiger partial charge in [-0.3, -0.25) is 5.32 Å². The zero-order valence-corrected chi connectivity index (χ0v) is 6.38. The fraction of sp³-hybridized carbons (Fsp3) is 0. The molecule has 0 aliphatic rings. The van der Waals surface area contributed by atoms with Crippen LogP contribution in [-0.2, 0) is 0 Å². The lowest BCUT2D eigenvalue weighted by Crippen LogP contribution is -1.97. The van der Waals surface area contributed by atoms with Gasteiger partial charge in [0.05, 0.1) is 12.4 Å². The van der Waals surface area contributed by atoms with E-state index in [4.69, 9.17) is 10.2 Å². The van der Waals surface area contributed by atoms with Crippen LogP contribution in [0.5, 0.6) is 0 Å². The number of rotatable bonds is 2. The normalized spacial score (nSPS) is 9.85. The maximum Gasteiger partial charge on any atom is 0.323 e. The summed E-state index contributed by atoms with van der Waals surface area (Å²) in [4.78, 5) is 3.83. The Bertz CT molecular complexity index is 385. The summed E-state index contributed by atoms with van der Waals surface area (Å²) in [6.45, 7) is 0. The molecule has 66 valence electrons. The van der Waals surface area contributed by atoms with E-state index < -0.39 is 0 Å². The van der Waals surface area contributed by atoms with Crippen molar-refractivity contribution in [1.29, 1.82) is 0 Å². The molecule has 0 unspecified atom stereocenters. The van der Waals surface area contributed by atoms with Gasteiger partial charge >= 0.3 is 12.0 Å². The van der Waals surface area contributed by atoms with E-state index in [1.54, 1.807) is 0 Å². The predicted octanol–water partition coefficient (Wildman–Crippen LogP) is -0.420. The number of hydrogen-bond acceptors (Lipinski definition) is 8. The van der Waals surface area contributed by atoms with Crippen molar-refractivity contribution in [2.24, 2.45) is 0 Å². The first-order valence-corrected chi connectivity index (χ1v) is 3.34. The van der Waals surface area contributed by atoms with Crippen molar-refractivity contribution < 1.29 is 4.42 Å². The van der Waals surface area contributed by atoms with Gasteiger partial charge in [0, 0.05) is 0 Å². The van der Waals surface area contributed by atoms with Gasteiger partial charge in [-0.1, -0.05) is 10.2 Å². The summed E-state index contributed by atoms with van der Waals surface area (Å²) in [6, 6.07) is 0.108. The summed E-state index contributed by atoms with van der Waals surface area (Å²) in [5.74, 6) is 0.270. The van der Waals surface area contributed by atoms with Crippen LogP contribution in [-0.4, -0.2) is 25.4 Å². The highest BCUT2D eigenvalue weighted by Crippen LogP contribution is 2.09. The molecule has 2 aromatic rings. The molecule has 0 amide bonds. The standard InChI is InChI=1S/C5H5N7O/c6-3-10-12-5(13-3)9-4-7-1-2-8-11-4/h1-2H,(H2,6,10)(H,7,9,11,12). The summed E-state index contributed by atoms with van der Waals surface area (Å²) in [5, 5.41) is 16.8. The van der Waals surface area contributed by atoms with Gasteiger partial charge in [0.2, 0.25) is 0 Å². The van der Waals surface area contributed by atoms with Crippen molar-refractivity contribution in [3.63, 3.8) is 0 Å². The Morgan fingerprint density at radius 3 is 2.77 bits per heavy atom. The lowest BCUT2D eigenvalue weighted by atomic mass is 10.8. The SMILES string of the molecule is Nc1nnc(Nc2nccnn2)o1. The van der Waals surface area contributed by atoms with Crippen LogP contribution in [0.1, 0.15) is 0 Å². The lowest BCUT2D eigenvalue weighted by Gasteiger charge is -1.94. The molecule has 0 bridgehead atoms. The van der Waals surface area contributed by atoms with Gasteiger partial charge in [-0.15, -0.1) is 5.10 Å². The zero-order chi connectivity index (χ0) is 9.10. The van der Waals surface area contributed by atoms with Crippen LogP contribution in [0.4, 0.5) is 18.0 Å². The smallest absolute Gasteiger partial charge is 0.323 e. The number of aromatic nitrogens is 5. The molecule has 0 saturated carbocycles. The number of hydrogen-bond donors (Lipinski definition) is 2. The van der Waals surface area contributed by atoms with Crippen molar-refractivity contribution in [3.8, 4) is 0 Å². The molecule has 0 fully saturated rings. The van der Waals surface area contributed by atoms with Crippen LogP contribution in [0.3, 0.4) is 0 Å². The zero-order valence-electron chi connectivity index (χ0n) is 6.38. The van der Waals surface area contributed by atoms with E-state index in [9.17, 15) is 0 Å². The van der Waals surface area contributed by atoms with E-state index in [2.05, 4.69) is 30.7 Å². The molecule has 2 rings (SSSR count). The highest BCUT2D eigenvalue weighted by atomic mass is 16.4. The Balaban J connectivity index is 2.15. The van der Waals surface area contributed by atoms with Crippen LogP contribution >= 0.6 is 0 Å². The summed E-state index contributed by atoms with van der Waals surface area (Å²) >= 11 is 0. The van der Waals surface area contributed by atoms with Crippen molar-refractivity contribution in [1.82, 2.24) is 25.4 Å². The highest BCUT2D eigenvalue weighted by molar-refractivity contribution is 5.38. The molecule has 0 spiro atoms. The molecule has 0 aliphatic heterocycles. The average molecular weight is 179 g/mol.